The topological polar surface area (TPSA) is 57.8 Å². The Morgan fingerprint density at radius 1 is 1.15 bits per heavy atom. The smallest absolute Gasteiger partial charge is 0.307 e. The number of furan rings is 1. The normalized spacial score (nSPS) is 11.3. The molecule has 0 unspecified atom stereocenters. The Bertz CT molecular complexity index is 994. The molecule has 0 spiro atoms. The minimum Gasteiger partial charge on any atom is -0.451 e. The van der Waals surface area contributed by atoms with E-state index in [1.165, 1.54) is 0 Å². The van der Waals surface area contributed by atoms with E-state index in [1.807, 2.05) is 36.4 Å². The highest BCUT2D eigenvalue weighted by atomic mass is 79.9. The van der Waals surface area contributed by atoms with Crippen LogP contribution in [0.4, 0.5) is 5.69 Å². The van der Waals surface area contributed by atoms with Gasteiger partial charge in [-0.05, 0) is 71.7 Å². The fourth-order valence-corrected chi connectivity index (χ4v) is 3.80. The van der Waals surface area contributed by atoms with E-state index in [1.54, 1.807) is 12.3 Å². The molecule has 0 aliphatic heterocycles. The average molecular weight is 493 g/mol. The first kappa shape index (κ1) is 19.6. The highest BCUT2D eigenvalue weighted by Crippen LogP contribution is 2.27. The second-order valence-corrected chi connectivity index (χ2v) is 7.65. The first-order chi connectivity index (χ1) is 13.0. The molecule has 0 aliphatic rings. The van der Waals surface area contributed by atoms with Gasteiger partial charge in [0, 0.05) is 27.4 Å². The number of rotatable bonds is 6. The minimum atomic E-state index is -0.391. The largest absolute Gasteiger partial charge is 0.451 e. The number of hydrazone groups is 1. The summed E-state index contributed by atoms with van der Waals surface area (Å²) in [6.45, 7) is 6.12. The van der Waals surface area contributed by atoms with Crippen molar-refractivity contribution in [2.75, 3.05) is 18.0 Å². The highest BCUT2D eigenvalue weighted by molar-refractivity contribution is 9.10. The number of amides is 1. The maximum atomic E-state index is 12.2. The van der Waals surface area contributed by atoms with E-state index in [2.05, 4.69) is 61.1 Å². The van der Waals surface area contributed by atoms with Crippen molar-refractivity contribution in [2.45, 2.75) is 13.8 Å². The van der Waals surface area contributed by atoms with E-state index < -0.39 is 5.91 Å². The van der Waals surface area contributed by atoms with Crippen molar-refractivity contribution >= 4 is 60.6 Å². The Labute approximate surface area is 174 Å². The van der Waals surface area contributed by atoms with E-state index >= 15 is 0 Å². The molecule has 0 atom stereocenters. The lowest BCUT2D eigenvalue weighted by Gasteiger charge is -2.22. The lowest BCUT2D eigenvalue weighted by molar-refractivity contribution is 0.0929. The number of anilines is 1. The first-order valence-electron chi connectivity index (χ1n) is 8.58. The monoisotopic (exact) mass is 491 g/mol. The third kappa shape index (κ3) is 4.59. The Balaban J connectivity index is 1.69. The predicted molar refractivity (Wildman–Crippen MR) is 117 cm³/mol. The number of nitrogens with one attached hydrogen (secondary N) is 1. The summed E-state index contributed by atoms with van der Waals surface area (Å²) < 4.78 is 7.47. The fourth-order valence-electron chi connectivity index (χ4n) is 2.77. The maximum Gasteiger partial charge on any atom is 0.307 e. The molecule has 0 bridgehead atoms. The van der Waals surface area contributed by atoms with Crippen LogP contribution in [0.25, 0.3) is 11.0 Å². The zero-order valence-electron chi connectivity index (χ0n) is 15.0. The van der Waals surface area contributed by atoms with Gasteiger partial charge in [-0.3, -0.25) is 4.79 Å². The summed E-state index contributed by atoms with van der Waals surface area (Å²) in [5.74, 6) is -0.171. The van der Waals surface area contributed by atoms with Gasteiger partial charge in [-0.1, -0.05) is 22.0 Å². The van der Waals surface area contributed by atoms with Crippen molar-refractivity contribution in [3.8, 4) is 0 Å². The van der Waals surface area contributed by atoms with Crippen LogP contribution in [0, 0.1) is 0 Å². The lowest BCUT2D eigenvalue weighted by atomic mass is 10.2. The number of benzene rings is 2. The van der Waals surface area contributed by atoms with E-state index in [4.69, 9.17) is 4.42 Å². The summed E-state index contributed by atoms with van der Waals surface area (Å²) in [5, 5.41) is 4.89. The van der Waals surface area contributed by atoms with Crippen molar-refractivity contribution in [3.05, 3.63) is 62.7 Å². The number of hydrogen-bond donors (Lipinski definition) is 1. The van der Waals surface area contributed by atoms with Gasteiger partial charge in [0.05, 0.1) is 11.9 Å². The van der Waals surface area contributed by atoms with Crippen LogP contribution in [0.5, 0.6) is 0 Å². The molecular weight excluding hydrogens is 474 g/mol. The predicted octanol–water partition coefficient (Wildman–Crippen LogP) is 5.57. The van der Waals surface area contributed by atoms with Crippen LogP contribution < -0.4 is 10.3 Å². The molecule has 140 valence electrons. The van der Waals surface area contributed by atoms with Crippen molar-refractivity contribution in [2.24, 2.45) is 5.10 Å². The molecular formula is C20H19Br2N3O2. The average Bonchev–Trinajstić information content (AvgIpc) is 3.07. The van der Waals surface area contributed by atoms with Crippen LogP contribution >= 0.6 is 31.9 Å². The van der Waals surface area contributed by atoms with Crippen LogP contribution in [-0.4, -0.2) is 25.2 Å². The highest BCUT2D eigenvalue weighted by Gasteiger charge is 2.12. The summed E-state index contributed by atoms with van der Waals surface area (Å²) in [7, 11) is 0. The molecule has 1 amide bonds. The quantitative estimate of drug-likeness (QED) is 0.361. The SMILES string of the molecule is CCN(CC)c1ccc(/C=N/NC(=O)c2cc3cc(Br)ccc3o2)cc1Br. The lowest BCUT2D eigenvalue weighted by Crippen LogP contribution is -2.22. The van der Waals surface area contributed by atoms with Gasteiger partial charge in [-0.15, -0.1) is 0 Å². The molecule has 0 radical (unpaired) electrons. The summed E-state index contributed by atoms with van der Waals surface area (Å²) in [6.07, 6.45) is 1.61. The number of hydrogen-bond acceptors (Lipinski definition) is 4. The fraction of sp³-hybridized carbons (Fsp3) is 0.200. The van der Waals surface area contributed by atoms with Gasteiger partial charge in [0.1, 0.15) is 5.58 Å². The molecule has 7 heteroatoms. The van der Waals surface area contributed by atoms with Crippen LogP contribution in [0.2, 0.25) is 0 Å². The summed E-state index contributed by atoms with van der Waals surface area (Å²) in [4.78, 5) is 14.5. The van der Waals surface area contributed by atoms with Crippen molar-refractivity contribution < 1.29 is 9.21 Å². The zero-order valence-corrected chi connectivity index (χ0v) is 18.2. The van der Waals surface area contributed by atoms with Gasteiger partial charge in [0.2, 0.25) is 0 Å². The number of carbonyl (C=O) groups is 1. The standard InChI is InChI=1S/C20H19Br2N3O2/c1-3-25(4-2)17-7-5-13(9-16(17)22)12-23-24-20(26)19-11-14-10-15(21)6-8-18(14)27-19/h5-12H,3-4H2,1-2H3,(H,24,26)/b23-12+. The van der Waals surface area contributed by atoms with Crippen molar-refractivity contribution in [1.82, 2.24) is 5.43 Å². The molecule has 0 saturated carbocycles. The van der Waals surface area contributed by atoms with Gasteiger partial charge in [0.25, 0.3) is 0 Å². The third-order valence-electron chi connectivity index (χ3n) is 4.16. The van der Waals surface area contributed by atoms with E-state index in [-0.39, 0.29) is 5.76 Å². The zero-order chi connectivity index (χ0) is 19.4. The first-order valence-corrected chi connectivity index (χ1v) is 10.2. The molecule has 27 heavy (non-hydrogen) atoms. The Hall–Kier alpha value is -2.12. The number of fused-ring (bicyclic) bond motifs is 1. The van der Waals surface area contributed by atoms with Gasteiger partial charge in [-0.2, -0.15) is 5.10 Å². The molecule has 5 nitrogen and oxygen atoms in total. The van der Waals surface area contributed by atoms with Gasteiger partial charge < -0.3 is 9.32 Å². The van der Waals surface area contributed by atoms with E-state index in [0.29, 0.717) is 5.58 Å². The molecule has 0 fully saturated rings. The molecule has 1 N–H and O–H groups in total. The molecule has 0 aliphatic carbocycles. The molecule has 0 saturated heterocycles. The Morgan fingerprint density at radius 3 is 2.63 bits per heavy atom. The molecule has 1 aromatic heterocycles. The third-order valence-corrected chi connectivity index (χ3v) is 5.29. The van der Waals surface area contributed by atoms with E-state index in [9.17, 15) is 4.79 Å². The summed E-state index contributed by atoms with van der Waals surface area (Å²) >= 11 is 7.01. The second-order valence-electron chi connectivity index (χ2n) is 5.88. The van der Waals surface area contributed by atoms with Gasteiger partial charge >= 0.3 is 5.91 Å². The number of carbonyl (C=O) groups excluding carboxylic acids is 1. The Morgan fingerprint density at radius 2 is 1.93 bits per heavy atom. The maximum absolute atomic E-state index is 12.2. The molecule has 3 rings (SSSR count). The number of halogens is 2. The Kier molecular flexibility index (Phi) is 6.34. The van der Waals surface area contributed by atoms with Crippen molar-refractivity contribution in [1.29, 1.82) is 0 Å². The van der Waals surface area contributed by atoms with E-state index in [0.717, 1.165) is 38.7 Å². The number of nitrogens with zero attached hydrogens (tertiary/aromatic N) is 2. The van der Waals surface area contributed by atoms with Crippen LogP contribution in [0.15, 0.2) is 60.9 Å². The van der Waals surface area contributed by atoms with Crippen LogP contribution in [0.1, 0.15) is 30.0 Å². The summed E-state index contributed by atoms with van der Waals surface area (Å²) in [5.41, 5.74) is 5.17. The van der Waals surface area contributed by atoms with Crippen molar-refractivity contribution in [3.63, 3.8) is 0 Å². The van der Waals surface area contributed by atoms with Crippen LogP contribution in [0.3, 0.4) is 0 Å². The van der Waals surface area contributed by atoms with Crippen LogP contribution in [-0.2, 0) is 0 Å². The minimum absolute atomic E-state index is 0.221. The molecule has 1 heterocycles. The second kappa shape index (κ2) is 8.71. The molecule has 3 aromatic rings. The molecule has 2 aromatic carbocycles. The van der Waals surface area contributed by atoms with Gasteiger partial charge in [0.15, 0.2) is 5.76 Å². The summed E-state index contributed by atoms with van der Waals surface area (Å²) in [6, 6.07) is 13.3. The van der Waals surface area contributed by atoms with Gasteiger partial charge in [-0.25, -0.2) is 5.43 Å².